The maximum Gasteiger partial charge on any atom is 0.208 e. The van der Waals surface area contributed by atoms with Crippen molar-refractivity contribution < 1.29 is 13.2 Å². The van der Waals surface area contributed by atoms with Crippen LogP contribution in [0.5, 0.6) is 0 Å². The number of nitrogens with two attached hydrogens (primary N) is 1. The fraction of sp³-hybridized carbons (Fsp3) is 0.636. The third-order valence-corrected chi connectivity index (χ3v) is 2.98. The molecule has 0 aromatic carbocycles. The zero-order valence-corrected chi connectivity index (χ0v) is 12.5. The molecule has 1 rings (SSSR count). The maximum absolute atomic E-state index is 10.9. The number of anilines is 2. The lowest BCUT2D eigenvalue weighted by Gasteiger charge is -2.08. The summed E-state index contributed by atoms with van der Waals surface area (Å²) >= 11 is 0. The van der Waals surface area contributed by atoms with Crippen molar-refractivity contribution in [1.82, 2.24) is 14.7 Å². The minimum atomic E-state index is -3.13. The molecule has 0 radical (unpaired) electrons. The lowest BCUT2D eigenvalue weighted by atomic mass is 10.4. The van der Waals surface area contributed by atoms with Crippen LogP contribution in [-0.2, 0) is 21.4 Å². The average Bonchev–Trinajstić information content (AvgIpc) is 2.34. The summed E-state index contributed by atoms with van der Waals surface area (Å²) < 4.78 is 29.4. The molecule has 0 amide bonds. The first-order chi connectivity index (χ1) is 9.40. The molecule has 0 aliphatic heterocycles. The van der Waals surface area contributed by atoms with Crippen LogP contribution in [0.3, 0.4) is 0 Å². The normalized spacial score (nSPS) is 11.5. The van der Waals surface area contributed by atoms with Gasteiger partial charge < -0.3 is 15.8 Å². The van der Waals surface area contributed by atoms with E-state index in [0.717, 1.165) is 6.26 Å². The summed E-state index contributed by atoms with van der Waals surface area (Å²) in [6, 6.07) is 1.62. The number of sulfonamides is 1. The highest BCUT2D eigenvalue weighted by Crippen LogP contribution is 2.09. The highest BCUT2D eigenvalue weighted by atomic mass is 32.2. The monoisotopic (exact) mass is 303 g/mol. The van der Waals surface area contributed by atoms with Gasteiger partial charge in [-0.2, -0.15) is 0 Å². The smallest absolute Gasteiger partial charge is 0.208 e. The third-order valence-electron chi connectivity index (χ3n) is 2.25. The topological polar surface area (TPSA) is 119 Å². The standard InChI is InChI=1S/C11H21N5O3S/c1-3-19-8-11-15-9(12)7-10(16-11)13-5-4-6-14-20(2,17)18/h7,14H,3-6,8H2,1-2H3,(H3,12,13,15,16). The quantitative estimate of drug-likeness (QED) is 0.547. The molecule has 0 saturated carbocycles. The summed E-state index contributed by atoms with van der Waals surface area (Å²) in [5.41, 5.74) is 5.68. The van der Waals surface area contributed by atoms with Gasteiger partial charge in [0.05, 0.1) is 6.26 Å². The number of nitrogens with zero attached hydrogens (tertiary/aromatic N) is 2. The van der Waals surface area contributed by atoms with Crippen LogP contribution in [0.4, 0.5) is 11.6 Å². The average molecular weight is 303 g/mol. The molecule has 4 N–H and O–H groups in total. The molecule has 114 valence electrons. The van der Waals surface area contributed by atoms with Gasteiger partial charge in [-0.15, -0.1) is 0 Å². The zero-order valence-electron chi connectivity index (χ0n) is 11.7. The molecule has 0 unspecified atom stereocenters. The maximum atomic E-state index is 10.9. The summed E-state index contributed by atoms with van der Waals surface area (Å²) in [7, 11) is -3.13. The van der Waals surface area contributed by atoms with E-state index in [1.54, 1.807) is 6.07 Å². The van der Waals surface area contributed by atoms with E-state index >= 15 is 0 Å². The van der Waals surface area contributed by atoms with E-state index < -0.39 is 10.0 Å². The van der Waals surface area contributed by atoms with E-state index in [4.69, 9.17) is 10.5 Å². The molecular weight excluding hydrogens is 282 g/mol. The van der Waals surface area contributed by atoms with Crippen LogP contribution in [0.1, 0.15) is 19.2 Å². The zero-order chi connectivity index (χ0) is 15.0. The van der Waals surface area contributed by atoms with E-state index in [1.807, 2.05) is 6.92 Å². The molecule has 0 fully saturated rings. The van der Waals surface area contributed by atoms with Gasteiger partial charge in [0.25, 0.3) is 0 Å². The van der Waals surface area contributed by atoms with Crippen molar-refractivity contribution in [3.8, 4) is 0 Å². The summed E-state index contributed by atoms with van der Waals surface area (Å²) in [5.74, 6) is 1.49. The molecule has 0 aliphatic carbocycles. The third kappa shape index (κ3) is 7.22. The number of aromatic nitrogens is 2. The number of nitrogen functional groups attached to an aromatic ring is 1. The van der Waals surface area contributed by atoms with Crippen LogP contribution in [0.15, 0.2) is 6.07 Å². The Morgan fingerprint density at radius 3 is 2.75 bits per heavy atom. The van der Waals surface area contributed by atoms with E-state index in [0.29, 0.717) is 50.2 Å². The van der Waals surface area contributed by atoms with Gasteiger partial charge in [0.2, 0.25) is 10.0 Å². The van der Waals surface area contributed by atoms with Crippen molar-refractivity contribution >= 4 is 21.7 Å². The van der Waals surface area contributed by atoms with Crippen molar-refractivity contribution in [1.29, 1.82) is 0 Å². The Hall–Kier alpha value is -1.45. The summed E-state index contributed by atoms with van der Waals surface area (Å²) in [6.07, 6.45) is 1.77. The highest BCUT2D eigenvalue weighted by molar-refractivity contribution is 7.88. The van der Waals surface area contributed by atoms with Crippen molar-refractivity contribution in [2.24, 2.45) is 0 Å². The first-order valence-corrected chi connectivity index (χ1v) is 8.19. The second-order valence-electron chi connectivity index (χ2n) is 4.18. The van der Waals surface area contributed by atoms with Crippen molar-refractivity contribution in [2.75, 3.05) is 37.0 Å². The van der Waals surface area contributed by atoms with Gasteiger partial charge in [-0.25, -0.2) is 23.1 Å². The number of hydrogen-bond donors (Lipinski definition) is 3. The number of rotatable bonds is 9. The van der Waals surface area contributed by atoms with E-state index in [2.05, 4.69) is 20.0 Å². The van der Waals surface area contributed by atoms with Crippen LogP contribution in [0.25, 0.3) is 0 Å². The van der Waals surface area contributed by atoms with Crippen LogP contribution >= 0.6 is 0 Å². The minimum absolute atomic E-state index is 0.311. The molecule has 0 saturated heterocycles. The second-order valence-corrected chi connectivity index (χ2v) is 6.01. The van der Waals surface area contributed by atoms with Crippen LogP contribution in [-0.4, -0.2) is 44.3 Å². The summed E-state index contributed by atoms with van der Waals surface area (Å²) in [6.45, 7) is 3.73. The van der Waals surface area contributed by atoms with Crippen LogP contribution < -0.4 is 15.8 Å². The fourth-order valence-corrected chi connectivity index (χ4v) is 1.94. The van der Waals surface area contributed by atoms with E-state index in [-0.39, 0.29) is 0 Å². The van der Waals surface area contributed by atoms with E-state index in [1.165, 1.54) is 0 Å². The summed E-state index contributed by atoms with van der Waals surface area (Å²) in [4.78, 5) is 8.31. The van der Waals surface area contributed by atoms with Gasteiger partial charge in [0.15, 0.2) is 5.82 Å². The van der Waals surface area contributed by atoms with Crippen molar-refractivity contribution in [2.45, 2.75) is 20.0 Å². The predicted molar refractivity (Wildman–Crippen MR) is 77.7 cm³/mol. The minimum Gasteiger partial charge on any atom is -0.384 e. The highest BCUT2D eigenvalue weighted by Gasteiger charge is 2.03. The van der Waals surface area contributed by atoms with Gasteiger partial charge >= 0.3 is 0 Å². The second kappa shape index (κ2) is 7.98. The number of nitrogens with one attached hydrogen (secondary N) is 2. The van der Waals surface area contributed by atoms with Gasteiger partial charge in [0.1, 0.15) is 18.2 Å². The summed E-state index contributed by atoms with van der Waals surface area (Å²) in [5, 5.41) is 3.07. The first kappa shape index (κ1) is 16.6. The Balaban J connectivity index is 2.41. The molecule has 9 heteroatoms. The molecule has 1 heterocycles. The Morgan fingerprint density at radius 2 is 2.10 bits per heavy atom. The molecule has 1 aromatic heterocycles. The largest absolute Gasteiger partial charge is 0.384 e. The lowest BCUT2D eigenvalue weighted by Crippen LogP contribution is -2.24. The predicted octanol–water partition coefficient (Wildman–Crippen LogP) is -0.0535. The molecule has 0 atom stereocenters. The number of hydrogen-bond acceptors (Lipinski definition) is 7. The van der Waals surface area contributed by atoms with Gasteiger partial charge in [-0.05, 0) is 13.3 Å². The van der Waals surface area contributed by atoms with Crippen LogP contribution in [0, 0.1) is 0 Å². The Kier molecular flexibility index (Phi) is 6.62. The molecular formula is C11H21N5O3S. The van der Waals surface area contributed by atoms with Crippen molar-refractivity contribution in [3.05, 3.63) is 11.9 Å². The Bertz CT molecular complexity index is 521. The Labute approximate surface area is 119 Å². The van der Waals surface area contributed by atoms with Crippen LogP contribution in [0.2, 0.25) is 0 Å². The molecule has 1 aromatic rings. The number of ether oxygens (including phenoxy) is 1. The van der Waals surface area contributed by atoms with Gasteiger partial charge in [-0.1, -0.05) is 0 Å². The SMILES string of the molecule is CCOCc1nc(N)cc(NCCCNS(C)(=O)=O)n1. The van der Waals surface area contributed by atoms with Crippen molar-refractivity contribution in [3.63, 3.8) is 0 Å². The molecule has 0 aliphatic rings. The lowest BCUT2D eigenvalue weighted by molar-refractivity contribution is 0.128. The molecule has 0 spiro atoms. The molecule has 0 bridgehead atoms. The molecule has 8 nitrogen and oxygen atoms in total. The van der Waals surface area contributed by atoms with Gasteiger partial charge in [0, 0.05) is 25.8 Å². The molecule has 20 heavy (non-hydrogen) atoms. The van der Waals surface area contributed by atoms with Gasteiger partial charge in [-0.3, -0.25) is 0 Å². The fourth-order valence-electron chi connectivity index (χ4n) is 1.43. The first-order valence-electron chi connectivity index (χ1n) is 6.30. The van der Waals surface area contributed by atoms with E-state index in [9.17, 15) is 8.42 Å². The Morgan fingerprint density at radius 1 is 1.35 bits per heavy atom.